The Morgan fingerprint density at radius 3 is 2.19 bits per heavy atom. The van der Waals surface area contributed by atoms with E-state index in [1.165, 1.54) is 13.2 Å². The first-order valence-corrected chi connectivity index (χ1v) is 13.3. The van der Waals surface area contributed by atoms with Gasteiger partial charge in [-0.25, -0.2) is 4.79 Å². The monoisotopic (exact) mass is 598 g/mol. The van der Waals surface area contributed by atoms with E-state index in [9.17, 15) is 45.6 Å². The fourth-order valence-corrected chi connectivity index (χ4v) is 5.38. The number of aliphatic hydroxyl groups is 7. The Morgan fingerprint density at radius 2 is 1.52 bits per heavy atom. The molecule has 0 unspecified atom stereocenters. The Labute approximate surface area is 238 Å². The average Bonchev–Trinajstić information content (AvgIpc) is 2.95. The minimum Gasteiger partial charge on any atom is -0.506 e. The van der Waals surface area contributed by atoms with E-state index in [1.54, 1.807) is 19.1 Å². The number of benzene rings is 2. The van der Waals surface area contributed by atoms with Crippen LogP contribution in [0.4, 0.5) is 0 Å². The number of carbonyl (C=O) groups excluding carboxylic acids is 1. The number of phenolic OH excluding ortho intramolecular Hbond substituents is 1. The lowest BCUT2D eigenvalue weighted by atomic mass is 9.93. The Bertz CT molecular complexity index is 1300. The van der Waals surface area contributed by atoms with Crippen molar-refractivity contribution >= 4 is 16.7 Å². The summed E-state index contributed by atoms with van der Waals surface area (Å²) >= 11 is 0. The van der Waals surface area contributed by atoms with Crippen molar-refractivity contribution in [2.75, 3.05) is 20.3 Å². The van der Waals surface area contributed by atoms with Crippen LogP contribution in [0.3, 0.4) is 0 Å². The van der Waals surface area contributed by atoms with Gasteiger partial charge in [0.2, 0.25) is 6.29 Å². The molecule has 42 heavy (non-hydrogen) atoms. The molecule has 8 N–H and O–H groups in total. The van der Waals surface area contributed by atoms with E-state index in [4.69, 9.17) is 28.4 Å². The molecule has 2 saturated heterocycles. The second kappa shape index (κ2) is 12.0. The zero-order valence-electron chi connectivity index (χ0n) is 22.6. The summed E-state index contributed by atoms with van der Waals surface area (Å²) in [6.45, 7) is 0.478. The van der Waals surface area contributed by atoms with Crippen LogP contribution in [-0.4, -0.2) is 135 Å². The molecule has 0 aliphatic carbocycles. The molecule has 3 aliphatic rings. The fraction of sp³-hybridized carbons (Fsp3) is 0.593. The standard InChI is InChI=1S/C27H34O15/c1-9-3-10-4-11-5-12(37-2)6-13(16(11)20(31)17(10)25(36)39-9)40-27-24(35)22(33)19(30)15(42-27)8-38-26-23(34)21(32)18(29)14(7-28)41-26/h4-6,9,14-15,18-19,21-24,26-35H,3,7-8H2,1-2H3/t9-,14-,15-,18-,19-,21+,22+,23-,24-,26-,27-/m1/s1. The Kier molecular flexibility index (Phi) is 8.78. The number of ether oxygens (including phenoxy) is 6. The molecule has 0 radical (unpaired) electrons. The molecule has 0 aromatic heterocycles. The summed E-state index contributed by atoms with van der Waals surface area (Å²) in [4.78, 5) is 12.6. The lowest BCUT2D eigenvalue weighted by Gasteiger charge is -2.42. The number of aromatic hydroxyl groups is 1. The number of esters is 1. The molecule has 5 rings (SSSR count). The van der Waals surface area contributed by atoms with Gasteiger partial charge >= 0.3 is 5.97 Å². The van der Waals surface area contributed by atoms with Crippen molar-refractivity contribution in [2.45, 2.75) is 80.9 Å². The van der Waals surface area contributed by atoms with Crippen LogP contribution in [0.15, 0.2) is 18.2 Å². The Hall–Kier alpha value is -2.83. The molecular weight excluding hydrogens is 564 g/mol. The smallest absolute Gasteiger partial charge is 0.342 e. The Morgan fingerprint density at radius 1 is 0.881 bits per heavy atom. The van der Waals surface area contributed by atoms with E-state index in [0.717, 1.165) is 0 Å². The molecule has 15 heteroatoms. The zero-order valence-corrected chi connectivity index (χ0v) is 22.6. The van der Waals surface area contributed by atoms with Crippen molar-refractivity contribution in [3.63, 3.8) is 0 Å². The van der Waals surface area contributed by atoms with Crippen LogP contribution in [0.2, 0.25) is 0 Å². The number of carbonyl (C=O) groups is 1. The molecule has 0 saturated carbocycles. The van der Waals surface area contributed by atoms with Crippen LogP contribution in [-0.2, 0) is 25.4 Å². The molecule has 0 amide bonds. The highest BCUT2D eigenvalue weighted by Gasteiger charge is 2.48. The van der Waals surface area contributed by atoms with Gasteiger partial charge in [-0.15, -0.1) is 0 Å². The van der Waals surface area contributed by atoms with E-state index < -0.39 is 92.4 Å². The van der Waals surface area contributed by atoms with Crippen molar-refractivity contribution in [3.8, 4) is 17.2 Å². The van der Waals surface area contributed by atoms with Gasteiger partial charge in [-0.1, -0.05) is 0 Å². The largest absolute Gasteiger partial charge is 0.506 e. The lowest BCUT2D eigenvalue weighted by Crippen LogP contribution is -2.62. The van der Waals surface area contributed by atoms with Crippen molar-refractivity contribution in [2.24, 2.45) is 0 Å². The van der Waals surface area contributed by atoms with Gasteiger partial charge in [-0.2, -0.15) is 0 Å². The number of hydrogen-bond donors (Lipinski definition) is 8. The first-order valence-electron chi connectivity index (χ1n) is 13.3. The van der Waals surface area contributed by atoms with E-state index in [0.29, 0.717) is 23.1 Å². The van der Waals surface area contributed by atoms with Crippen molar-refractivity contribution in [1.82, 2.24) is 0 Å². The second-order valence-corrected chi connectivity index (χ2v) is 10.6. The van der Waals surface area contributed by atoms with E-state index in [1.807, 2.05) is 0 Å². The Balaban J connectivity index is 1.41. The molecule has 11 atom stereocenters. The first kappa shape index (κ1) is 30.6. The van der Waals surface area contributed by atoms with Gasteiger partial charge in [0.25, 0.3) is 0 Å². The second-order valence-electron chi connectivity index (χ2n) is 10.6. The minimum absolute atomic E-state index is 0.0398. The molecule has 2 aromatic rings. The molecule has 15 nitrogen and oxygen atoms in total. The number of phenols is 1. The fourth-order valence-electron chi connectivity index (χ4n) is 5.38. The first-order chi connectivity index (χ1) is 19.9. The molecule has 0 bridgehead atoms. The van der Waals surface area contributed by atoms with Crippen molar-refractivity contribution in [3.05, 3.63) is 29.3 Å². The summed E-state index contributed by atoms with van der Waals surface area (Å²) in [5.41, 5.74) is 0.517. The maximum Gasteiger partial charge on any atom is 0.342 e. The highest BCUT2D eigenvalue weighted by atomic mass is 16.7. The van der Waals surface area contributed by atoms with Crippen LogP contribution >= 0.6 is 0 Å². The summed E-state index contributed by atoms with van der Waals surface area (Å²) in [7, 11) is 1.40. The maximum absolute atomic E-state index is 12.6. The molecular formula is C27H34O15. The third-order valence-electron chi connectivity index (χ3n) is 7.67. The van der Waals surface area contributed by atoms with Gasteiger partial charge in [-0.3, -0.25) is 0 Å². The third-order valence-corrected chi connectivity index (χ3v) is 7.67. The SMILES string of the molecule is COc1cc(O[C@@H]2O[C@H](CO[C@@H]3O[C@H](CO)[C@@H](O)[C@H](O)[C@H]3O)[C@@H](O)[C@H](O)[C@H]2O)c2c(O)c3c(cc2c1)C[C@@H](C)OC3=O. The number of rotatable bonds is 7. The number of aliphatic hydroxyl groups excluding tert-OH is 7. The average molecular weight is 599 g/mol. The zero-order chi connectivity index (χ0) is 30.5. The van der Waals surface area contributed by atoms with E-state index in [2.05, 4.69) is 0 Å². The summed E-state index contributed by atoms with van der Waals surface area (Å²) < 4.78 is 33.0. The molecule has 2 aromatic carbocycles. The van der Waals surface area contributed by atoms with Gasteiger partial charge in [-0.05, 0) is 30.0 Å². The van der Waals surface area contributed by atoms with E-state index >= 15 is 0 Å². The summed E-state index contributed by atoms with van der Waals surface area (Å²) in [5, 5.41) is 83.0. The number of fused-ring (bicyclic) bond motifs is 2. The molecule has 0 spiro atoms. The quantitative estimate of drug-likeness (QED) is 0.156. The highest BCUT2D eigenvalue weighted by Crippen LogP contribution is 2.43. The van der Waals surface area contributed by atoms with Crippen LogP contribution in [0.5, 0.6) is 17.2 Å². The molecule has 232 valence electrons. The number of methoxy groups -OCH3 is 1. The van der Waals surface area contributed by atoms with Crippen LogP contribution < -0.4 is 9.47 Å². The van der Waals surface area contributed by atoms with Gasteiger partial charge in [0.1, 0.15) is 77.7 Å². The summed E-state index contributed by atoms with van der Waals surface area (Å²) in [6.07, 6.45) is -16.2. The summed E-state index contributed by atoms with van der Waals surface area (Å²) in [5.74, 6) is -0.928. The van der Waals surface area contributed by atoms with Crippen LogP contribution in [0.25, 0.3) is 10.8 Å². The van der Waals surface area contributed by atoms with Gasteiger partial charge < -0.3 is 69.3 Å². The van der Waals surface area contributed by atoms with E-state index in [-0.39, 0.29) is 16.7 Å². The normalized spacial score (nSPS) is 36.8. The van der Waals surface area contributed by atoms with Gasteiger partial charge in [0.15, 0.2) is 6.29 Å². The maximum atomic E-state index is 12.6. The molecule has 3 heterocycles. The van der Waals surface area contributed by atoms with Crippen molar-refractivity contribution in [1.29, 1.82) is 0 Å². The lowest BCUT2D eigenvalue weighted by molar-refractivity contribution is -0.323. The van der Waals surface area contributed by atoms with Gasteiger partial charge in [0.05, 0.1) is 25.7 Å². The number of hydrogen-bond acceptors (Lipinski definition) is 15. The minimum atomic E-state index is -1.80. The molecule has 2 fully saturated rings. The summed E-state index contributed by atoms with van der Waals surface area (Å²) in [6, 6.07) is 4.67. The van der Waals surface area contributed by atoms with Crippen LogP contribution in [0.1, 0.15) is 22.8 Å². The predicted octanol–water partition coefficient (Wildman–Crippen LogP) is -2.34. The van der Waals surface area contributed by atoms with Gasteiger partial charge in [0, 0.05) is 12.5 Å². The topological polar surface area (TPSA) is 234 Å². The highest BCUT2D eigenvalue weighted by molar-refractivity contribution is 6.06. The third kappa shape index (κ3) is 5.48. The molecule has 3 aliphatic heterocycles. The van der Waals surface area contributed by atoms with Crippen molar-refractivity contribution < 1.29 is 74.1 Å². The predicted molar refractivity (Wildman–Crippen MR) is 138 cm³/mol. The number of cyclic esters (lactones) is 1. The van der Waals surface area contributed by atoms with Crippen LogP contribution in [0, 0.1) is 0 Å².